The Bertz CT molecular complexity index is 508. The van der Waals surface area contributed by atoms with Gasteiger partial charge in [-0.15, -0.1) is 0 Å². The number of hydrogen-bond acceptors (Lipinski definition) is 4. The highest BCUT2D eigenvalue weighted by atomic mass is 16.5. The van der Waals surface area contributed by atoms with Gasteiger partial charge in [-0.25, -0.2) is 0 Å². The van der Waals surface area contributed by atoms with E-state index in [1.54, 1.807) is 0 Å². The van der Waals surface area contributed by atoms with Crippen molar-refractivity contribution >= 4 is 11.6 Å². The van der Waals surface area contributed by atoms with Crippen molar-refractivity contribution in [2.24, 2.45) is 5.92 Å². The number of nitrogens with zero attached hydrogens (tertiary/aromatic N) is 2. The topological polar surface area (TPSA) is 65.4 Å². The number of aromatic nitrogens is 2. The third-order valence-corrected chi connectivity index (χ3v) is 4.45. The largest absolute Gasteiger partial charge is 0.381 e. The summed E-state index contributed by atoms with van der Waals surface area (Å²) >= 11 is 0. The molecule has 2 unspecified atom stereocenters. The highest BCUT2D eigenvalue weighted by Gasteiger charge is 2.31. The molecule has 1 N–H and O–H groups in total. The van der Waals surface area contributed by atoms with E-state index in [1.165, 1.54) is 0 Å². The maximum Gasteiger partial charge on any atom is 0.230 e. The molecule has 0 aromatic carbocycles. The van der Waals surface area contributed by atoms with Crippen LogP contribution >= 0.6 is 0 Å². The molecule has 0 aliphatic carbocycles. The van der Waals surface area contributed by atoms with Crippen molar-refractivity contribution < 1.29 is 14.3 Å². The minimum absolute atomic E-state index is 0.00385. The summed E-state index contributed by atoms with van der Waals surface area (Å²) < 4.78 is 12.8. The molecule has 3 rings (SSSR count). The Morgan fingerprint density at radius 1 is 1.33 bits per heavy atom. The second kappa shape index (κ2) is 6.15. The molecule has 2 saturated heterocycles. The molecule has 116 valence electrons. The van der Waals surface area contributed by atoms with Crippen LogP contribution in [0.1, 0.15) is 37.9 Å². The first-order valence-electron chi connectivity index (χ1n) is 7.71. The molecule has 0 bridgehead atoms. The molecule has 3 heterocycles. The maximum atomic E-state index is 12.3. The fourth-order valence-electron chi connectivity index (χ4n) is 3.04. The second-order valence-electron chi connectivity index (χ2n) is 5.91. The van der Waals surface area contributed by atoms with Crippen molar-refractivity contribution in [1.82, 2.24) is 9.78 Å². The highest BCUT2D eigenvalue weighted by molar-refractivity contribution is 5.93. The minimum atomic E-state index is -0.0594. The van der Waals surface area contributed by atoms with Crippen molar-refractivity contribution in [1.29, 1.82) is 0 Å². The van der Waals surface area contributed by atoms with Crippen molar-refractivity contribution in [3.05, 3.63) is 11.9 Å². The van der Waals surface area contributed by atoms with Crippen LogP contribution in [0.4, 0.5) is 5.69 Å². The summed E-state index contributed by atoms with van der Waals surface area (Å²) in [4.78, 5) is 12.3. The third kappa shape index (κ3) is 3.11. The van der Waals surface area contributed by atoms with Crippen LogP contribution in [0.2, 0.25) is 0 Å². The maximum absolute atomic E-state index is 12.3. The fourth-order valence-corrected chi connectivity index (χ4v) is 3.04. The van der Waals surface area contributed by atoms with Gasteiger partial charge in [0, 0.05) is 26.0 Å². The molecular weight excluding hydrogens is 270 g/mol. The van der Waals surface area contributed by atoms with Gasteiger partial charge in [0.2, 0.25) is 5.91 Å². The van der Waals surface area contributed by atoms with E-state index in [2.05, 4.69) is 10.4 Å². The summed E-state index contributed by atoms with van der Waals surface area (Å²) in [6, 6.07) is 0.372. The zero-order valence-electron chi connectivity index (χ0n) is 12.7. The van der Waals surface area contributed by atoms with E-state index in [0.717, 1.165) is 43.9 Å². The quantitative estimate of drug-likeness (QED) is 0.924. The van der Waals surface area contributed by atoms with E-state index in [0.29, 0.717) is 12.6 Å². The van der Waals surface area contributed by atoms with E-state index < -0.39 is 0 Å². The van der Waals surface area contributed by atoms with Crippen LogP contribution in [0.3, 0.4) is 0 Å². The van der Waals surface area contributed by atoms with Gasteiger partial charge >= 0.3 is 0 Å². The van der Waals surface area contributed by atoms with Gasteiger partial charge in [-0.1, -0.05) is 0 Å². The van der Waals surface area contributed by atoms with Gasteiger partial charge in [-0.3, -0.25) is 9.48 Å². The van der Waals surface area contributed by atoms with Crippen molar-refractivity contribution in [2.75, 3.05) is 25.1 Å². The smallest absolute Gasteiger partial charge is 0.230 e. The molecule has 6 heteroatoms. The van der Waals surface area contributed by atoms with Crippen molar-refractivity contribution in [3.63, 3.8) is 0 Å². The first kappa shape index (κ1) is 14.5. The van der Waals surface area contributed by atoms with E-state index in [1.807, 2.05) is 24.7 Å². The molecule has 2 fully saturated rings. The lowest BCUT2D eigenvalue weighted by Gasteiger charge is -2.22. The summed E-state index contributed by atoms with van der Waals surface area (Å²) in [5.41, 5.74) is 1.67. The molecule has 1 aromatic heterocycles. The molecule has 0 saturated carbocycles. The number of carbonyl (C=O) groups excluding carboxylic acids is 1. The number of carbonyl (C=O) groups is 1. The number of rotatable bonds is 3. The monoisotopic (exact) mass is 293 g/mol. The van der Waals surface area contributed by atoms with Crippen molar-refractivity contribution in [2.45, 2.75) is 45.3 Å². The van der Waals surface area contributed by atoms with Crippen LogP contribution in [-0.4, -0.2) is 41.6 Å². The molecule has 0 radical (unpaired) electrons. The Hall–Kier alpha value is -1.40. The number of hydrogen-bond donors (Lipinski definition) is 1. The van der Waals surface area contributed by atoms with Gasteiger partial charge in [0.1, 0.15) is 0 Å². The summed E-state index contributed by atoms with van der Waals surface area (Å²) in [5, 5.41) is 7.56. The predicted molar refractivity (Wildman–Crippen MR) is 78.2 cm³/mol. The number of nitrogens with one attached hydrogen (secondary N) is 1. The molecule has 21 heavy (non-hydrogen) atoms. The predicted octanol–water partition coefficient (Wildman–Crippen LogP) is 1.91. The average Bonchev–Trinajstić information content (AvgIpc) is 3.07. The molecule has 2 atom stereocenters. The van der Waals surface area contributed by atoms with Crippen LogP contribution in [-0.2, 0) is 14.3 Å². The average molecular weight is 293 g/mol. The highest BCUT2D eigenvalue weighted by Crippen LogP contribution is 2.26. The van der Waals surface area contributed by atoms with Crippen LogP contribution in [0.15, 0.2) is 6.20 Å². The molecule has 2 aliphatic heterocycles. The normalized spacial score (nSPS) is 27.0. The van der Waals surface area contributed by atoms with Crippen molar-refractivity contribution in [3.8, 4) is 0 Å². The Balaban J connectivity index is 1.68. The van der Waals surface area contributed by atoms with E-state index in [9.17, 15) is 4.79 Å². The zero-order valence-corrected chi connectivity index (χ0v) is 12.7. The summed E-state index contributed by atoms with van der Waals surface area (Å²) in [6.07, 6.45) is 4.68. The Labute approximate surface area is 124 Å². The second-order valence-corrected chi connectivity index (χ2v) is 5.91. The van der Waals surface area contributed by atoms with E-state index in [-0.39, 0.29) is 17.9 Å². The lowest BCUT2D eigenvalue weighted by Crippen LogP contribution is -2.27. The molecule has 1 aromatic rings. The van der Waals surface area contributed by atoms with Gasteiger partial charge in [-0.05, 0) is 33.1 Å². The van der Waals surface area contributed by atoms with Gasteiger partial charge < -0.3 is 14.8 Å². The molecular formula is C15H23N3O3. The van der Waals surface area contributed by atoms with Crippen LogP contribution in [0.25, 0.3) is 0 Å². The SMILES string of the molecule is Cc1nn(C2CCOCC2)cc1NC(=O)C1CCOC1C. The standard InChI is InChI=1S/C15H23N3O3/c1-10-14(16-15(19)13-5-8-21-11(13)2)9-18(17-10)12-3-6-20-7-4-12/h9,11-13H,3-8H2,1-2H3,(H,16,19). The molecule has 0 spiro atoms. The number of ether oxygens (including phenoxy) is 2. The zero-order chi connectivity index (χ0) is 14.8. The number of aryl methyl sites for hydroxylation is 1. The lowest BCUT2D eigenvalue weighted by molar-refractivity contribution is -0.121. The van der Waals surface area contributed by atoms with Gasteiger partial charge in [0.05, 0.1) is 29.4 Å². The first-order valence-corrected chi connectivity index (χ1v) is 7.71. The Morgan fingerprint density at radius 3 is 2.76 bits per heavy atom. The minimum Gasteiger partial charge on any atom is -0.381 e. The lowest BCUT2D eigenvalue weighted by atomic mass is 10.0. The van der Waals surface area contributed by atoms with Crippen LogP contribution < -0.4 is 5.32 Å². The summed E-state index contributed by atoms with van der Waals surface area (Å²) in [5.74, 6) is -0.0227. The third-order valence-electron chi connectivity index (χ3n) is 4.45. The van der Waals surface area contributed by atoms with Crippen LogP contribution in [0.5, 0.6) is 0 Å². The van der Waals surface area contributed by atoms with Gasteiger partial charge in [0.25, 0.3) is 0 Å². The first-order chi connectivity index (χ1) is 10.1. The summed E-state index contributed by atoms with van der Waals surface area (Å²) in [6.45, 7) is 6.11. The van der Waals surface area contributed by atoms with E-state index >= 15 is 0 Å². The molecule has 1 amide bonds. The molecule has 6 nitrogen and oxygen atoms in total. The van der Waals surface area contributed by atoms with E-state index in [4.69, 9.17) is 9.47 Å². The van der Waals surface area contributed by atoms with Crippen LogP contribution in [0, 0.1) is 12.8 Å². The van der Waals surface area contributed by atoms with Gasteiger partial charge in [-0.2, -0.15) is 5.10 Å². The Morgan fingerprint density at radius 2 is 2.10 bits per heavy atom. The summed E-state index contributed by atoms with van der Waals surface area (Å²) in [7, 11) is 0. The number of anilines is 1. The van der Waals surface area contributed by atoms with Gasteiger partial charge in [0.15, 0.2) is 0 Å². The Kier molecular flexibility index (Phi) is 4.26. The molecule has 2 aliphatic rings. The number of amides is 1. The fraction of sp³-hybridized carbons (Fsp3) is 0.733.